The first-order chi connectivity index (χ1) is 12.7. The first kappa shape index (κ1) is 17.1. The summed E-state index contributed by atoms with van der Waals surface area (Å²) >= 11 is 0. The minimum absolute atomic E-state index is 0.0774. The van der Waals surface area contributed by atoms with Gasteiger partial charge in [0.15, 0.2) is 11.5 Å². The second-order valence-corrected chi connectivity index (χ2v) is 6.40. The van der Waals surface area contributed by atoms with E-state index in [1.54, 1.807) is 7.11 Å². The highest BCUT2D eigenvalue weighted by Gasteiger charge is 2.24. The molecule has 4 rings (SSSR count). The lowest BCUT2D eigenvalue weighted by atomic mass is 10.2. The van der Waals surface area contributed by atoms with Crippen LogP contribution >= 0.6 is 0 Å². The first-order valence-corrected chi connectivity index (χ1v) is 8.66. The molecule has 0 bridgehead atoms. The van der Waals surface area contributed by atoms with Crippen LogP contribution in [0.15, 0.2) is 16.5 Å². The largest absolute Gasteiger partial charge is 0.493 e. The predicted molar refractivity (Wildman–Crippen MR) is 93.4 cm³/mol. The predicted octanol–water partition coefficient (Wildman–Crippen LogP) is 1.55. The fraction of sp³-hybridized carbons (Fsp3) is 0.500. The molecule has 1 aromatic carbocycles. The molecule has 2 N–H and O–H groups in total. The number of nitrogens with zero attached hydrogens (tertiary/aromatic N) is 2. The number of methoxy groups -OCH3 is 1. The molecule has 2 aliphatic heterocycles. The molecule has 8 heteroatoms. The fourth-order valence-electron chi connectivity index (χ4n) is 3.23. The van der Waals surface area contributed by atoms with Crippen molar-refractivity contribution in [3.8, 4) is 28.7 Å². The van der Waals surface area contributed by atoms with Crippen molar-refractivity contribution in [1.82, 2.24) is 9.88 Å². The number of ether oxygens (including phenoxy) is 4. The molecular formula is C18H23N3O5. The summed E-state index contributed by atoms with van der Waals surface area (Å²) in [5, 5.41) is 0. The number of aryl methyl sites for hydroxylation is 1. The molecule has 140 valence electrons. The Morgan fingerprint density at radius 2 is 2.23 bits per heavy atom. The number of aromatic nitrogens is 1. The molecular weight excluding hydrogens is 338 g/mol. The average Bonchev–Trinajstić information content (AvgIpc) is 3.28. The molecule has 8 nitrogen and oxygen atoms in total. The molecule has 0 radical (unpaired) electrons. The number of oxazole rings is 1. The maximum absolute atomic E-state index is 5.91. The van der Waals surface area contributed by atoms with Crippen molar-refractivity contribution >= 4 is 0 Å². The summed E-state index contributed by atoms with van der Waals surface area (Å²) < 4.78 is 27.8. The molecule has 1 aromatic heterocycles. The molecule has 26 heavy (non-hydrogen) atoms. The van der Waals surface area contributed by atoms with Gasteiger partial charge in [0, 0.05) is 31.7 Å². The van der Waals surface area contributed by atoms with Crippen molar-refractivity contribution in [3.63, 3.8) is 0 Å². The van der Waals surface area contributed by atoms with Crippen LogP contribution in [0.3, 0.4) is 0 Å². The second-order valence-electron chi connectivity index (χ2n) is 6.40. The van der Waals surface area contributed by atoms with Crippen LogP contribution in [0.2, 0.25) is 0 Å². The van der Waals surface area contributed by atoms with Crippen LogP contribution in [0.25, 0.3) is 11.5 Å². The zero-order chi connectivity index (χ0) is 18.1. The van der Waals surface area contributed by atoms with Gasteiger partial charge in [-0.2, -0.15) is 0 Å². The number of fused-ring (bicyclic) bond motifs is 1. The number of benzene rings is 1. The molecule has 2 aliphatic rings. The maximum atomic E-state index is 5.91. The van der Waals surface area contributed by atoms with Gasteiger partial charge in [-0.3, -0.25) is 4.90 Å². The van der Waals surface area contributed by atoms with Gasteiger partial charge in [0.1, 0.15) is 5.76 Å². The Kier molecular flexibility index (Phi) is 4.71. The van der Waals surface area contributed by atoms with Crippen LogP contribution in [0, 0.1) is 6.92 Å². The van der Waals surface area contributed by atoms with Gasteiger partial charge in [-0.05, 0) is 19.1 Å². The standard InChI is InChI=1S/C18H23N3O5/c1-11-14(9-21-3-4-23-13(7-19)8-21)20-18(26-11)12-5-15(22-2)17-16(6-12)24-10-25-17/h5-6,13H,3-4,7-10,19H2,1-2H3. The summed E-state index contributed by atoms with van der Waals surface area (Å²) in [4.78, 5) is 6.98. The lowest BCUT2D eigenvalue weighted by molar-refractivity contribution is -0.0264. The van der Waals surface area contributed by atoms with Crippen LogP contribution in [0.4, 0.5) is 0 Å². The third-order valence-corrected chi connectivity index (χ3v) is 4.66. The van der Waals surface area contributed by atoms with Crippen LogP contribution in [-0.2, 0) is 11.3 Å². The molecule has 1 atom stereocenters. The zero-order valence-corrected chi connectivity index (χ0v) is 15.0. The number of hydrogen-bond donors (Lipinski definition) is 1. The number of morpholine rings is 1. The van der Waals surface area contributed by atoms with Gasteiger partial charge in [-0.15, -0.1) is 0 Å². The Morgan fingerprint density at radius 1 is 1.35 bits per heavy atom. The van der Waals surface area contributed by atoms with E-state index < -0.39 is 0 Å². The fourth-order valence-corrected chi connectivity index (χ4v) is 3.23. The first-order valence-electron chi connectivity index (χ1n) is 8.66. The van der Waals surface area contributed by atoms with Crippen molar-refractivity contribution < 1.29 is 23.4 Å². The summed E-state index contributed by atoms with van der Waals surface area (Å²) in [7, 11) is 1.60. The molecule has 0 amide bonds. The summed E-state index contributed by atoms with van der Waals surface area (Å²) in [6, 6.07) is 3.71. The molecule has 0 aliphatic carbocycles. The number of nitrogens with two attached hydrogens (primary N) is 1. The monoisotopic (exact) mass is 361 g/mol. The normalized spacial score (nSPS) is 19.7. The van der Waals surface area contributed by atoms with E-state index in [2.05, 4.69) is 4.90 Å². The molecule has 1 unspecified atom stereocenters. The van der Waals surface area contributed by atoms with E-state index in [-0.39, 0.29) is 12.9 Å². The van der Waals surface area contributed by atoms with E-state index in [0.29, 0.717) is 42.8 Å². The van der Waals surface area contributed by atoms with Gasteiger partial charge < -0.3 is 29.1 Å². The lowest BCUT2D eigenvalue weighted by Crippen LogP contribution is -2.45. The van der Waals surface area contributed by atoms with Crippen LogP contribution < -0.4 is 19.9 Å². The van der Waals surface area contributed by atoms with Crippen molar-refractivity contribution in [2.24, 2.45) is 5.73 Å². The van der Waals surface area contributed by atoms with Gasteiger partial charge >= 0.3 is 0 Å². The Hall–Kier alpha value is -2.29. The van der Waals surface area contributed by atoms with Crippen molar-refractivity contribution in [1.29, 1.82) is 0 Å². The Morgan fingerprint density at radius 3 is 3.04 bits per heavy atom. The quantitative estimate of drug-likeness (QED) is 0.857. The van der Waals surface area contributed by atoms with Crippen LogP contribution in [0.1, 0.15) is 11.5 Å². The Labute approximate surface area is 151 Å². The van der Waals surface area contributed by atoms with E-state index in [4.69, 9.17) is 34.1 Å². The highest BCUT2D eigenvalue weighted by molar-refractivity contribution is 5.66. The zero-order valence-electron chi connectivity index (χ0n) is 15.0. The van der Waals surface area contributed by atoms with Gasteiger partial charge in [0.25, 0.3) is 0 Å². The van der Waals surface area contributed by atoms with Gasteiger partial charge in [-0.25, -0.2) is 4.98 Å². The van der Waals surface area contributed by atoms with Gasteiger partial charge in [-0.1, -0.05) is 0 Å². The van der Waals surface area contributed by atoms with Crippen LogP contribution in [-0.4, -0.2) is 56.1 Å². The van der Waals surface area contributed by atoms with E-state index >= 15 is 0 Å². The minimum atomic E-state index is 0.0774. The molecule has 3 heterocycles. The Bertz CT molecular complexity index is 791. The molecule has 0 spiro atoms. The number of rotatable bonds is 5. The highest BCUT2D eigenvalue weighted by Crippen LogP contribution is 2.44. The van der Waals surface area contributed by atoms with Crippen LogP contribution in [0.5, 0.6) is 17.2 Å². The third-order valence-electron chi connectivity index (χ3n) is 4.66. The molecule has 2 aromatic rings. The van der Waals surface area contributed by atoms with Crippen molar-refractivity contribution in [2.75, 3.05) is 40.1 Å². The summed E-state index contributed by atoms with van der Waals surface area (Å²) in [5.41, 5.74) is 7.43. The Balaban J connectivity index is 1.57. The molecule has 1 fully saturated rings. The van der Waals surface area contributed by atoms with E-state index in [1.807, 2.05) is 19.1 Å². The van der Waals surface area contributed by atoms with Gasteiger partial charge in [0.2, 0.25) is 18.4 Å². The lowest BCUT2D eigenvalue weighted by Gasteiger charge is -2.31. The summed E-state index contributed by atoms with van der Waals surface area (Å²) in [5.74, 6) is 3.19. The van der Waals surface area contributed by atoms with E-state index in [9.17, 15) is 0 Å². The minimum Gasteiger partial charge on any atom is -0.493 e. The molecule has 1 saturated heterocycles. The second kappa shape index (κ2) is 7.14. The number of hydrogen-bond acceptors (Lipinski definition) is 8. The maximum Gasteiger partial charge on any atom is 0.231 e. The van der Waals surface area contributed by atoms with Gasteiger partial charge in [0.05, 0.1) is 25.5 Å². The topological polar surface area (TPSA) is 92.2 Å². The summed E-state index contributed by atoms with van der Waals surface area (Å²) in [6.45, 7) is 5.69. The highest BCUT2D eigenvalue weighted by atomic mass is 16.7. The third kappa shape index (κ3) is 3.23. The van der Waals surface area contributed by atoms with E-state index in [1.165, 1.54) is 0 Å². The molecule has 0 saturated carbocycles. The van der Waals surface area contributed by atoms with Crippen molar-refractivity contribution in [3.05, 3.63) is 23.6 Å². The smallest absolute Gasteiger partial charge is 0.231 e. The van der Waals surface area contributed by atoms with Crippen molar-refractivity contribution in [2.45, 2.75) is 19.6 Å². The SMILES string of the molecule is COc1cc(-c2nc(CN3CCOC(CN)C3)c(C)o2)cc2c1OCO2. The summed E-state index contributed by atoms with van der Waals surface area (Å²) in [6.07, 6.45) is 0.0774. The average molecular weight is 361 g/mol. The van der Waals surface area contributed by atoms with E-state index in [0.717, 1.165) is 30.1 Å².